The van der Waals surface area contributed by atoms with E-state index in [0.29, 0.717) is 12.8 Å². The number of phosphoric acid groups is 1. The number of aliphatic carboxylic acids is 1. The third-order valence-corrected chi connectivity index (χ3v) is 10.2. The van der Waals surface area contributed by atoms with Crippen molar-refractivity contribution < 1.29 is 47.8 Å². The molecular formula is C46H80NO10P. The molecule has 0 radical (unpaired) electrons. The number of carbonyl (C=O) groups is 3. The zero-order chi connectivity index (χ0) is 42.8. The Bertz CT molecular complexity index is 1210. The van der Waals surface area contributed by atoms with Gasteiger partial charge in [-0.3, -0.25) is 18.6 Å². The molecule has 0 aliphatic rings. The van der Waals surface area contributed by atoms with Gasteiger partial charge in [0.25, 0.3) is 0 Å². The van der Waals surface area contributed by atoms with E-state index in [1.165, 1.54) is 44.9 Å². The van der Waals surface area contributed by atoms with E-state index in [2.05, 4.69) is 79.9 Å². The van der Waals surface area contributed by atoms with Gasteiger partial charge < -0.3 is 25.2 Å². The van der Waals surface area contributed by atoms with E-state index in [-0.39, 0.29) is 12.8 Å². The Labute approximate surface area is 351 Å². The van der Waals surface area contributed by atoms with Crippen molar-refractivity contribution in [2.24, 2.45) is 0 Å². The van der Waals surface area contributed by atoms with E-state index in [0.717, 1.165) is 96.3 Å². The summed E-state index contributed by atoms with van der Waals surface area (Å²) in [6.45, 7) is 2.51. The van der Waals surface area contributed by atoms with Gasteiger partial charge in [0, 0.05) is 12.8 Å². The van der Waals surface area contributed by atoms with Crippen LogP contribution in [0.2, 0.25) is 0 Å². The van der Waals surface area contributed by atoms with Gasteiger partial charge in [-0.1, -0.05) is 145 Å². The van der Waals surface area contributed by atoms with Crippen LogP contribution in [0.25, 0.3) is 0 Å². The maximum absolute atomic E-state index is 12.3. The molecule has 3 unspecified atom stereocenters. The molecule has 3 atom stereocenters. The summed E-state index contributed by atoms with van der Waals surface area (Å²) in [5.74, 6) is -2.41. The zero-order valence-electron chi connectivity index (χ0n) is 36.1. The van der Waals surface area contributed by atoms with Crippen LogP contribution >= 0.6 is 7.82 Å². The molecule has 0 aromatic heterocycles. The lowest BCUT2D eigenvalue weighted by Crippen LogP contribution is -2.43. The van der Waals surface area contributed by atoms with Crippen molar-refractivity contribution in [3.63, 3.8) is 0 Å². The molecule has 0 aromatic rings. The first-order chi connectivity index (χ1) is 28.1. The van der Waals surface area contributed by atoms with Crippen LogP contribution < -0.4 is 5.32 Å². The van der Waals surface area contributed by atoms with Crippen molar-refractivity contribution in [2.45, 2.75) is 193 Å². The molecule has 1 amide bonds. The first-order valence-electron chi connectivity index (χ1n) is 22.3. The zero-order valence-corrected chi connectivity index (χ0v) is 37.0. The number of carboxylic acids is 1. The largest absolute Gasteiger partial charge is 0.480 e. The van der Waals surface area contributed by atoms with E-state index < -0.39 is 57.6 Å². The fourth-order valence-corrected chi connectivity index (χ4v) is 6.53. The molecular weight excluding hydrogens is 757 g/mol. The van der Waals surface area contributed by atoms with E-state index in [4.69, 9.17) is 13.8 Å². The van der Waals surface area contributed by atoms with Crippen molar-refractivity contribution in [3.05, 3.63) is 60.8 Å². The number of ether oxygens (including phenoxy) is 1. The highest BCUT2D eigenvalue weighted by atomic mass is 31.2. The van der Waals surface area contributed by atoms with Crippen molar-refractivity contribution in [3.8, 4) is 0 Å². The van der Waals surface area contributed by atoms with Crippen LogP contribution in [-0.4, -0.2) is 64.9 Å². The number of nitrogens with one attached hydrogen (secondary N) is 1. The van der Waals surface area contributed by atoms with Crippen LogP contribution in [0.3, 0.4) is 0 Å². The number of carbonyl (C=O) groups excluding carboxylic acids is 2. The summed E-state index contributed by atoms with van der Waals surface area (Å²) in [5, 5.41) is 21.8. The predicted molar refractivity (Wildman–Crippen MR) is 235 cm³/mol. The Balaban J connectivity index is 3.94. The lowest BCUT2D eigenvalue weighted by molar-refractivity contribution is -0.147. The molecule has 0 heterocycles. The number of allylic oxidation sites excluding steroid dienone is 10. The monoisotopic (exact) mass is 838 g/mol. The molecule has 11 nitrogen and oxygen atoms in total. The molecule has 0 aromatic carbocycles. The lowest BCUT2D eigenvalue weighted by atomic mass is 10.1. The normalized spacial score (nSPS) is 14.3. The van der Waals surface area contributed by atoms with Gasteiger partial charge in [-0.2, -0.15) is 0 Å². The van der Waals surface area contributed by atoms with Gasteiger partial charge >= 0.3 is 19.8 Å². The van der Waals surface area contributed by atoms with E-state index in [1.807, 2.05) is 0 Å². The van der Waals surface area contributed by atoms with Gasteiger partial charge in [-0.15, -0.1) is 0 Å². The number of phosphoric ester groups is 1. The molecule has 0 saturated carbocycles. The van der Waals surface area contributed by atoms with Gasteiger partial charge in [0.1, 0.15) is 12.7 Å². The Morgan fingerprint density at radius 1 is 0.552 bits per heavy atom. The molecule has 0 spiro atoms. The number of hydrogen-bond donors (Lipinski definition) is 4. The van der Waals surface area contributed by atoms with Crippen molar-refractivity contribution in [1.29, 1.82) is 0 Å². The summed E-state index contributed by atoms with van der Waals surface area (Å²) >= 11 is 0. The Morgan fingerprint density at radius 2 is 0.948 bits per heavy atom. The second-order valence-electron chi connectivity index (χ2n) is 14.9. The maximum Gasteiger partial charge on any atom is 0.472 e. The molecule has 0 aliphatic heterocycles. The first-order valence-corrected chi connectivity index (χ1v) is 23.8. The van der Waals surface area contributed by atoms with Crippen LogP contribution in [0.15, 0.2) is 60.8 Å². The number of rotatable bonds is 41. The van der Waals surface area contributed by atoms with E-state index in [1.54, 1.807) is 0 Å². The highest BCUT2D eigenvalue weighted by Gasteiger charge is 2.28. The maximum atomic E-state index is 12.3. The van der Waals surface area contributed by atoms with Crippen molar-refractivity contribution in [2.75, 3.05) is 19.8 Å². The van der Waals surface area contributed by atoms with Crippen molar-refractivity contribution in [1.82, 2.24) is 5.32 Å². The number of aliphatic hydroxyl groups excluding tert-OH is 1. The predicted octanol–water partition coefficient (Wildman–Crippen LogP) is 11.6. The van der Waals surface area contributed by atoms with Crippen LogP contribution in [-0.2, 0) is 32.7 Å². The van der Waals surface area contributed by atoms with Crippen molar-refractivity contribution >= 4 is 25.7 Å². The number of aliphatic hydroxyl groups is 1. The number of amides is 1. The highest BCUT2D eigenvalue weighted by Crippen LogP contribution is 2.43. The molecule has 12 heteroatoms. The third kappa shape index (κ3) is 40.0. The summed E-state index contributed by atoms with van der Waals surface area (Å²) < 4.78 is 26.8. The minimum absolute atomic E-state index is 0.126. The third-order valence-electron chi connectivity index (χ3n) is 9.28. The molecule has 0 bridgehead atoms. The minimum Gasteiger partial charge on any atom is -0.480 e. The fraction of sp³-hybridized carbons (Fsp3) is 0.717. The SMILES string of the molecule is CCCCC/C=C\C/C=C\C/C=C\CCCCCCCCC(=O)OCC(O)COP(=O)(O)OCC(NC(=O)CCCCCCC/C=C\C/C=C\CCCCC)C(=O)O. The van der Waals surface area contributed by atoms with E-state index >= 15 is 0 Å². The topological polar surface area (TPSA) is 169 Å². The average Bonchev–Trinajstić information content (AvgIpc) is 3.20. The summed E-state index contributed by atoms with van der Waals surface area (Å²) in [7, 11) is -4.77. The quantitative estimate of drug-likeness (QED) is 0.0201. The number of carboxylic acid groups (broad SMARTS) is 1. The Morgan fingerprint density at radius 3 is 1.41 bits per heavy atom. The van der Waals surface area contributed by atoms with Crippen LogP contribution in [0.4, 0.5) is 0 Å². The summed E-state index contributed by atoms with van der Waals surface area (Å²) in [4.78, 5) is 45.9. The summed E-state index contributed by atoms with van der Waals surface area (Å²) in [5.41, 5.74) is 0. The van der Waals surface area contributed by atoms with Gasteiger partial charge in [0.05, 0.1) is 13.2 Å². The van der Waals surface area contributed by atoms with E-state index in [9.17, 15) is 34.1 Å². The molecule has 0 fully saturated rings. The second-order valence-corrected chi connectivity index (χ2v) is 16.3. The van der Waals surface area contributed by atoms with Gasteiger partial charge in [-0.25, -0.2) is 9.36 Å². The lowest BCUT2D eigenvalue weighted by Gasteiger charge is -2.18. The average molecular weight is 838 g/mol. The van der Waals surface area contributed by atoms with Crippen LogP contribution in [0.5, 0.6) is 0 Å². The molecule has 4 N–H and O–H groups in total. The van der Waals surface area contributed by atoms with Crippen LogP contribution in [0.1, 0.15) is 181 Å². The van der Waals surface area contributed by atoms with Gasteiger partial charge in [-0.05, 0) is 83.5 Å². The first kappa shape index (κ1) is 55.2. The molecule has 0 saturated heterocycles. The Kier molecular flexibility index (Phi) is 38.9. The minimum atomic E-state index is -4.77. The van der Waals surface area contributed by atoms with Gasteiger partial charge in [0.2, 0.25) is 5.91 Å². The number of esters is 1. The van der Waals surface area contributed by atoms with Gasteiger partial charge in [0.15, 0.2) is 6.04 Å². The Hall–Kier alpha value is -2.82. The van der Waals surface area contributed by atoms with Crippen LogP contribution in [0, 0.1) is 0 Å². The number of unbranched alkanes of at least 4 members (excludes halogenated alkanes) is 17. The standard InChI is InChI=1S/C46H80NO10P/c1-3-5-7-9-11-13-15-17-19-20-21-22-24-26-28-30-32-34-36-38-45(50)55-39-42(48)40-56-58(53,54)57-41-43(46(51)52)47-44(49)37-35-33-31-29-27-25-23-18-16-14-12-10-8-6-4-2/h11-14,17-19,21-23,42-43,48H,3-10,15-16,20,24-41H2,1-2H3,(H,47,49)(H,51,52)(H,53,54)/b13-11-,14-12-,19-17-,22-21-,23-18-. The fourth-order valence-electron chi connectivity index (χ4n) is 5.76. The molecule has 0 aliphatic carbocycles. The molecule has 58 heavy (non-hydrogen) atoms. The molecule has 0 rings (SSSR count). The molecule has 334 valence electrons. The smallest absolute Gasteiger partial charge is 0.472 e. The summed E-state index contributed by atoms with van der Waals surface area (Å²) in [6.07, 6.45) is 46.6. The second kappa shape index (κ2) is 40.9. The summed E-state index contributed by atoms with van der Waals surface area (Å²) in [6, 6.07) is -1.56. The highest BCUT2D eigenvalue weighted by molar-refractivity contribution is 7.47. The number of hydrogen-bond acceptors (Lipinski definition) is 8.